The van der Waals surface area contributed by atoms with Crippen LogP contribution in [0, 0.1) is 17.5 Å². The van der Waals surface area contributed by atoms with Crippen LogP contribution >= 0.6 is 0 Å². The van der Waals surface area contributed by atoms with Gasteiger partial charge in [0.1, 0.15) is 5.82 Å². The van der Waals surface area contributed by atoms with E-state index in [1.54, 1.807) is 6.92 Å². The summed E-state index contributed by atoms with van der Waals surface area (Å²) in [5, 5.41) is 0. The van der Waals surface area contributed by atoms with Crippen LogP contribution in [0.15, 0.2) is 35.1 Å². The van der Waals surface area contributed by atoms with Crippen LogP contribution in [-0.4, -0.2) is 6.21 Å². The number of benzene rings is 1. The van der Waals surface area contributed by atoms with Crippen molar-refractivity contribution in [2.24, 2.45) is 10.7 Å². The van der Waals surface area contributed by atoms with Gasteiger partial charge in [-0.3, -0.25) is 4.99 Å². The topological polar surface area (TPSA) is 38.4 Å². The lowest BCUT2D eigenvalue weighted by Gasteiger charge is -2.00. The first-order valence-corrected chi connectivity index (χ1v) is 4.71. The Kier molecular flexibility index (Phi) is 4.09. The summed E-state index contributed by atoms with van der Waals surface area (Å²) in [6, 6.07) is 1.36. The van der Waals surface area contributed by atoms with Crippen molar-refractivity contribution in [3.8, 4) is 0 Å². The second kappa shape index (κ2) is 5.34. The van der Waals surface area contributed by atoms with E-state index >= 15 is 0 Å². The van der Waals surface area contributed by atoms with E-state index in [0.717, 1.165) is 6.07 Å². The lowest BCUT2D eigenvalue weighted by atomic mass is 10.1. The van der Waals surface area contributed by atoms with Gasteiger partial charge in [-0.15, -0.1) is 0 Å². The molecule has 0 saturated heterocycles. The average Bonchev–Trinajstić information content (AvgIpc) is 2.22. The molecule has 0 aliphatic heterocycles. The van der Waals surface area contributed by atoms with Crippen molar-refractivity contribution < 1.29 is 13.2 Å². The van der Waals surface area contributed by atoms with Gasteiger partial charge in [0, 0.05) is 29.2 Å². The summed E-state index contributed by atoms with van der Waals surface area (Å²) in [6.45, 7) is 4.93. The van der Waals surface area contributed by atoms with Gasteiger partial charge in [0.25, 0.3) is 0 Å². The maximum Gasteiger partial charge on any atom is 0.166 e. The molecule has 0 aromatic heterocycles. The number of allylic oxidation sites excluding steroid dienone is 2. The summed E-state index contributed by atoms with van der Waals surface area (Å²) >= 11 is 0. The minimum Gasteiger partial charge on any atom is -0.398 e. The highest BCUT2D eigenvalue weighted by atomic mass is 19.2. The zero-order valence-corrected chi connectivity index (χ0v) is 9.17. The van der Waals surface area contributed by atoms with Crippen molar-refractivity contribution in [1.82, 2.24) is 0 Å². The van der Waals surface area contributed by atoms with Crippen molar-refractivity contribution >= 4 is 12.3 Å². The first-order valence-electron chi connectivity index (χ1n) is 4.71. The highest BCUT2D eigenvalue weighted by Crippen LogP contribution is 2.17. The summed E-state index contributed by atoms with van der Waals surface area (Å²) in [4.78, 5) is 3.82. The molecule has 2 nitrogen and oxygen atoms in total. The fourth-order valence-electron chi connectivity index (χ4n) is 1.13. The van der Waals surface area contributed by atoms with Gasteiger partial charge in [0.2, 0.25) is 0 Å². The second-order valence-corrected chi connectivity index (χ2v) is 3.41. The SMILES string of the molecule is C=C(N)/C=N\C(C)=C/c1cc(F)cc(F)c1F. The van der Waals surface area contributed by atoms with E-state index in [0.29, 0.717) is 11.8 Å². The van der Waals surface area contributed by atoms with E-state index < -0.39 is 17.5 Å². The van der Waals surface area contributed by atoms with Gasteiger partial charge < -0.3 is 5.73 Å². The largest absolute Gasteiger partial charge is 0.398 e. The molecule has 1 aromatic carbocycles. The number of nitrogens with two attached hydrogens (primary N) is 1. The number of hydrogen-bond acceptors (Lipinski definition) is 2. The van der Waals surface area contributed by atoms with Crippen LogP contribution in [0.1, 0.15) is 12.5 Å². The van der Waals surface area contributed by atoms with Crippen LogP contribution in [-0.2, 0) is 0 Å². The molecule has 5 heteroatoms. The first kappa shape index (κ1) is 13.0. The minimum absolute atomic E-state index is 0.209. The van der Waals surface area contributed by atoms with E-state index in [2.05, 4.69) is 11.6 Å². The summed E-state index contributed by atoms with van der Waals surface area (Å²) in [5.74, 6) is -3.21. The number of halogens is 3. The predicted molar refractivity (Wildman–Crippen MR) is 61.8 cm³/mol. The number of aliphatic imine (C=N–C) groups is 1. The number of nitrogens with zero attached hydrogens (tertiary/aromatic N) is 1. The van der Waals surface area contributed by atoms with Crippen LogP contribution in [0.25, 0.3) is 6.08 Å². The Morgan fingerprint density at radius 3 is 2.59 bits per heavy atom. The maximum atomic E-state index is 13.3. The molecule has 1 rings (SSSR count). The van der Waals surface area contributed by atoms with Crippen LogP contribution in [0.2, 0.25) is 0 Å². The molecule has 0 radical (unpaired) electrons. The van der Waals surface area contributed by atoms with Gasteiger partial charge in [-0.1, -0.05) is 6.58 Å². The third kappa shape index (κ3) is 3.79. The Morgan fingerprint density at radius 2 is 2.00 bits per heavy atom. The van der Waals surface area contributed by atoms with Gasteiger partial charge in [0.15, 0.2) is 11.6 Å². The molecule has 0 unspecified atom stereocenters. The first-order chi connectivity index (χ1) is 7.90. The molecule has 1 aromatic rings. The van der Waals surface area contributed by atoms with Gasteiger partial charge >= 0.3 is 0 Å². The van der Waals surface area contributed by atoms with E-state index in [4.69, 9.17) is 5.73 Å². The minimum atomic E-state index is -1.24. The van der Waals surface area contributed by atoms with Crippen LogP contribution in [0.5, 0.6) is 0 Å². The summed E-state index contributed by atoms with van der Waals surface area (Å²) < 4.78 is 39.0. The molecule has 17 heavy (non-hydrogen) atoms. The predicted octanol–water partition coefficient (Wildman–Crippen LogP) is 3.01. The van der Waals surface area contributed by atoms with Crippen molar-refractivity contribution in [2.45, 2.75) is 6.92 Å². The normalized spacial score (nSPS) is 12.1. The monoisotopic (exact) mass is 240 g/mol. The average molecular weight is 240 g/mol. The molecule has 0 amide bonds. The Balaban J connectivity index is 3.09. The molecule has 2 N–H and O–H groups in total. The van der Waals surface area contributed by atoms with E-state index in [1.807, 2.05) is 0 Å². The fourth-order valence-corrected chi connectivity index (χ4v) is 1.13. The Hall–Kier alpha value is -2.04. The zero-order chi connectivity index (χ0) is 13.0. The van der Waals surface area contributed by atoms with Gasteiger partial charge in [-0.25, -0.2) is 13.2 Å². The molecule has 0 spiro atoms. The smallest absolute Gasteiger partial charge is 0.166 e. The van der Waals surface area contributed by atoms with Crippen LogP contribution in [0.3, 0.4) is 0 Å². The van der Waals surface area contributed by atoms with Gasteiger partial charge in [-0.05, 0) is 19.1 Å². The van der Waals surface area contributed by atoms with Crippen molar-refractivity contribution in [1.29, 1.82) is 0 Å². The molecule has 0 heterocycles. The Bertz CT molecular complexity index is 505. The molecule has 0 aliphatic rings. The molecular formula is C12H11F3N2. The van der Waals surface area contributed by atoms with E-state index in [9.17, 15) is 13.2 Å². The Morgan fingerprint density at radius 1 is 1.35 bits per heavy atom. The number of rotatable bonds is 3. The highest BCUT2D eigenvalue weighted by molar-refractivity contribution is 5.77. The van der Waals surface area contributed by atoms with Crippen LogP contribution in [0.4, 0.5) is 13.2 Å². The van der Waals surface area contributed by atoms with Crippen molar-refractivity contribution in [3.63, 3.8) is 0 Å². The van der Waals surface area contributed by atoms with Crippen LogP contribution < -0.4 is 5.73 Å². The van der Waals surface area contributed by atoms with Gasteiger partial charge in [0.05, 0.1) is 0 Å². The standard InChI is InChI=1S/C12H11F3N2/c1-7(16)6-17-8(2)3-9-4-10(13)5-11(14)12(9)15/h3-6H,1,16H2,2H3/b8-3-,17-6-. The van der Waals surface area contributed by atoms with E-state index in [-0.39, 0.29) is 11.3 Å². The van der Waals surface area contributed by atoms with Crippen molar-refractivity contribution in [2.75, 3.05) is 0 Å². The summed E-state index contributed by atoms with van der Waals surface area (Å²) in [7, 11) is 0. The highest BCUT2D eigenvalue weighted by Gasteiger charge is 2.09. The summed E-state index contributed by atoms with van der Waals surface area (Å²) in [5.41, 5.74) is 5.61. The fraction of sp³-hybridized carbons (Fsp3) is 0.0833. The molecule has 0 fully saturated rings. The molecule has 0 saturated carbocycles. The lowest BCUT2D eigenvalue weighted by Crippen LogP contribution is -1.95. The number of hydrogen-bond donors (Lipinski definition) is 1. The molecule has 0 atom stereocenters. The van der Waals surface area contributed by atoms with Crippen molar-refractivity contribution in [3.05, 3.63) is 53.1 Å². The maximum absolute atomic E-state index is 13.3. The van der Waals surface area contributed by atoms with E-state index in [1.165, 1.54) is 12.3 Å². The quantitative estimate of drug-likeness (QED) is 0.640. The Labute approximate surface area is 97.0 Å². The lowest BCUT2D eigenvalue weighted by molar-refractivity contribution is 0.493. The molecule has 0 aliphatic carbocycles. The van der Waals surface area contributed by atoms with Gasteiger partial charge in [-0.2, -0.15) is 0 Å². The zero-order valence-electron chi connectivity index (χ0n) is 9.17. The second-order valence-electron chi connectivity index (χ2n) is 3.41. The summed E-state index contributed by atoms with van der Waals surface area (Å²) in [6.07, 6.45) is 2.47. The molecular weight excluding hydrogens is 229 g/mol. The third-order valence-corrected chi connectivity index (χ3v) is 1.82. The third-order valence-electron chi connectivity index (χ3n) is 1.82. The molecule has 0 bridgehead atoms. The molecule has 90 valence electrons.